The van der Waals surface area contributed by atoms with Crippen molar-refractivity contribution in [1.29, 1.82) is 0 Å². The predicted octanol–water partition coefficient (Wildman–Crippen LogP) is 2.81. The van der Waals surface area contributed by atoms with Gasteiger partial charge in [0.15, 0.2) is 5.96 Å². The van der Waals surface area contributed by atoms with E-state index >= 15 is 0 Å². The highest BCUT2D eigenvalue weighted by Gasteiger charge is 2.13. The highest BCUT2D eigenvalue weighted by molar-refractivity contribution is 5.84. The number of amides is 1. The predicted molar refractivity (Wildman–Crippen MR) is 100 cm³/mol. The Morgan fingerprint density at radius 3 is 2.80 bits per heavy atom. The lowest BCUT2D eigenvalue weighted by Gasteiger charge is -2.12. The van der Waals surface area contributed by atoms with Crippen LogP contribution in [-0.2, 0) is 11.3 Å². The van der Waals surface area contributed by atoms with Crippen molar-refractivity contribution in [2.75, 3.05) is 19.6 Å². The van der Waals surface area contributed by atoms with Gasteiger partial charge in [-0.15, -0.1) is 0 Å². The molecule has 1 heterocycles. The minimum atomic E-state index is -0.116. The third-order valence-electron chi connectivity index (χ3n) is 4.57. The van der Waals surface area contributed by atoms with E-state index in [1.54, 1.807) is 12.3 Å². The maximum atomic E-state index is 11.9. The number of aliphatic imine (C=N–C) groups is 1. The van der Waals surface area contributed by atoms with Gasteiger partial charge >= 0.3 is 0 Å². The zero-order valence-electron chi connectivity index (χ0n) is 15.4. The lowest BCUT2D eigenvalue weighted by Crippen LogP contribution is -2.38. The molecule has 0 spiro atoms. The summed E-state index contributed by atoms with van der Waals surface area (Å²) in [7, 11) is 0. The number of carbonyl (C=O) groups excluding carboxylic acids is 1. The molecule has 25 heavy (non-hydrogen) atoms. The number of unbranched alkanes of at least 4 members (excludes halogenated alkanes) is 1. The lowest BCUT2D eigenvalue weighted by molar-refractivity contribution is -0.119. The van der Waals surface area contributed by atoms with Crippen molar-refractivity contribution in [3.05, 3.63) is 24.2 Å². The Morgan fingerprint density at radius 1 is 1.24 bits per heavy atom. The molecule has 1 aliphatic carbocycles. The van der Waals surface area contributed by atoms with Crippen molar-refractivity contribution in [1.82, 2.24) is 16.0 Å². The molecule has 1 saturated carbocycles. The molecule has 1 aromatic heterocycles. The van der Waals surface area contributed by atoms with E-state index in [4.69, 9.17) is 4.42 Å². The van der Waals surface area contributed by atoms with E-state index in [0.717, 1.165) is 31.2 Å². The Bertz CT molecular complexity index is 508. The average molecular weight is 348 g/mol. The van der Waals surface area contributed by atoms with Crippen molar-refractivity contribution in [2.24, 2.45) is 10.9 Å². The molecule has 0 bridgehead atoms. The fourth-order valence-electron chi connectivity index (χ4n) is 3.21. The molecule has 3 N–H and O–H groups in total. The van der Waals surface area contributed by atoms with Crippen LogP contribution in [0.15, 0.2) is 27.8 Å². The number of hydrogen-bond acceptors (Lipinski definition) is 3. The second-order valence-corrected chi connectivity index (χ2v) is 6.62. The number of nitrogens with zero attached hydrogens (tertiary/aromatic N) is 1. The Morgan fingerprint density at radius 2 is 2.08 bits per heavy atom. The summed E-state index contributed by atoms with van der Waals surface area (Å²) >= 11 is 0. The van der Waals surface area contributed by atoms with Crippen LogP contribution in [0.4, 0.5) is 0 Å². The molecule has 0 unspecified atom stereocenters. The van der Waals surface area contributed by atoms with Crippen LogP contribution >= 0.6 is 0 Å². The lowest BCUT2D eigenvalue weighted by atomic mass is 10.0. The molecule has 140 valence electrons. The van der Waals surface area contributed by atoms with Crippen molar-refractivity contribution < 1.29 is 9.21 Å². The molecular formula is C19H32N4O2. The average Bonchev–Trinajstić information content (AvgIpc) is 3.31. The maximum absolute atomic E-state index is 11.9. The molecule has 1 fully saturated rings. The molecule has 1 amide bonds. The molecule has 0 atom stereocenters. The monoisotopic (exact) mass is 348 g/mol. The van der Waals surface area contributed by atoms with Crippen molar-refractivity contribution in [3.63, 3.8) is 0 Å². The summed E-state index contributed by atoms with van der Waals surface area (Å²) in [6.07, 6.45) is 11.0. The SMILES string of the molecule is CCNC(=NCC(=O)NCc1ccco1)NCCCCC1CCCC1. The molecule has 6 heteroatoms. The maximum Gasteiger partial charge on any atom is 0.242 e. The van der Waals surface area contributed by atoms with E-state index in [2.05, 4.69) is 20.9 Å². The fraction of sp³-hybridized carbons (Fsp3) is 0.684. The number of carbonyl (C=O) groups is 1. The standard InChI is InChI=1S/C19H32N4O2/c1-2-20-19(21-12-6-5-10-16-8-3-4-9-16)23-15-18(24)22-14-17-11-7-13-25-17/h7,11,13,16H,2-6,8-10,12,14-15H2,1H3,(H,22,24)(H2,20,21,23). The number of rotatable bonds is 10. The molecule has 0 saturated heterocycles. The van der Waals surface area contributed by atoms with Gasteiger partial charge < -0.3 is 20.4 Å². The summed E-state index contributed by atoms with van der Waals surface area (Å²) in [6, 6.07) is 3.64. The first-order chi connectivity index (χ1) is 12.3. The number of nitrogens with one attached hydrogen (secondary N) is 3. The summed E-state index contributed by atoms with van der Waals surface area (Å²) in [5.74, 6) is 2.29. The van der Waals surface area contributed by atoms with E-state index in [-0.39, 0.29) is 12.5 Å². The van der Waals surface area contributed by atoms with Crippen LogP contribution in [0.25, 0.3) is 0 Å². The summed E-state index contributed by atoms with van der Waals surface area (Å²) in [6.45, 7) is 4.20. The largest absolute Gasteiger partial charge is 0.467 e. The number of furan rings is 1. The smallest absolute Gasteiger partial charge is 0.242 e. The second-order valence-electron chi connectivity index (χ2n) is 6.62. The molecular weight excluding hydrogens is 316 g/mol. The normalized spacial score (nSPS) is 15.3. The van der Waals surface area contributed by atoms with Crippen LogP contribution in [0.3, 0.4) is 0 Å². The third kappa shape index (κ3) is 8.09. The van der Waals surface area contributed by atoms with Crippen LogP contribution in [0.1, 0.15) is 57.6 Å². The number of hydrogen-bond donors (Lipinski definition) is 3. The van der Waals surface area contributed by atoms with Gasteiger partial charge in [-0.05, 0) is 31.4 Å². The zero-order valence-corrected chi connectivity index (χ0v) is 15.4. The molecule has 1 aromatic rings. The molecule has 0 aliphatic heterocycles. The summed E-state index contributed by atoms with van der Waals surface area (Å²) in [4.78, 5) is 16.2. The molecule has 0 aromatic carbocycles. The minimum Gasteiger partial charge on any atom is -0.467 e. The summed E-state index contributed by atoms with van der Waals surface area (Å²) < 4.78 is 5.19. The van der Waals surface area contributed by atoms with Crippen molar-refractivity contribution in [2.45, 2.75) is 58.4 Å². The molecule has 0 radical (unpaired) electrons. The molecule has 6 nitrogen and oxygen atoms in total. The quantitative estimate of drug-likeness (QED) is 0.345. The van der Waals surface area contributed by atoms with Crippen LogP contribution in [0, 0.1) is 5.92 Å². The first-order valence-corrected chi connectivity index (χ1v) is 9.59. The Kier molecular flexibility index (Phi) is 8.94. The van der Waals surface area contributed by atoms with Crippen LogP contribution < -0.4 is 16.0 Å². The first kappa shape index (κ1) is 19.3. The molecule has 1 aliphatic rings. The minimum absolute atomic E-state index is 0.109. The summed E-state index contributed by atoms with van der Waals surface area (Å²) in [5, 5.41) is 9.29. The van der Waals surface area contributed by atoms with E-state index in [9.17, 15) is 4.79 Å². The van der Waals surface area contributed by atoms with Crippen molar-refractivity contribution in [3.8, 4) is 0 Å². The topological polar surface area (TPSA) is 78.7 Å². The van der Waals surface area contributed by atoms with Crippen LogP contribution in [0.2, 0.25) is 0 Å². The van der Waals surface area contributed by atoms with Gasteiger partial charge in [-0.25, -0.2) is 4.99 Å². The van der Waals surface area contributed by atoms with Crippen LogP contribution in [0.5, 0.6) is 0 Å². The van der Waals surface area contributed by atoms with E-state index in [1.165, 1.54) is 38.5 Å². The summed E-state index contributed by atoms with van der Waals surface area (Å²) in [5.41, 5.74) is 0. The van der Waals surface area contributed by atoms with E-state index < -0.39 is 0 Å². The van der Waals surface area contributed by atoms with Gasteiger partial charge in [0.25, 0.3) is 0 Å². The van der Waals surface area contributed by atoms with Gasteiger partial charge in [0.2, 0.25) is 5.91 Å². The van der Waals surface area contributed by atoms with Crippen molar-refractivity contribution >= 4 is 11.9 Å². The van der Waals surface area contributed by atoms with Gasteiger partial charge in [0.1, 0.15) is 12.3 Å². The Hall–Kier alpha value is -1.98. The third-order valence-corrected chi connectivity index (χ3v) is 4.57. The van der Waals surface area contributed by atoms with Gasteiger partial charge in [-0.2, -0.15) is 0 Å². The Balaban J connectivity index is 1.60. The Labute approximate surface area is 150 Å². The second kappa shape index (κ2) is 11.6. The van der Waals surface area contributed by atoms with Gasteiger partial charge in [0, 0.05) is 13.1 Å². The van der Waals surface area contributed by atoms with E-state index in [1.807, 2.05) is 13.0 Å². The zero-order chi connectivity index (χ0) is 17.7. The number of guanidine groups is 1. The van der Waals surface area contributed by atoms with Gasteiger partial charge in [-0.3, -0.25) is 4.79 Å². The first-order valence-electron chi connectivity index (χ1n) is 9.59. The fourth-order valence-corrected chi connectivity index (χ4v) is 3.21. The van der Waals surface area contributed by atoms with Crippen LogP contribution in [-0.4, -0.2) is 31.5 Å². The van der Waals surface area contributed by atoms with E-state index in [0.29, 0.717) is 12.5 Å². The molecule has 2 rings (SSSR count). The van der Waals surface area contributed by atoms with Gasteiger partial charge in [0.05, 0.1) is 12.8 Å². The highest BCUT2D eigenvalue weighted by atomic mass is 16.3. The highest BCUT2D eigenvalue weighted by Crippen LogP contribution is 2.28. The van der Waals surface area contributed by atoms with Gasteiger partial charge in [-0.1, -0.05) is 38.5 Å².